The molecule has 3 unspecified atom stereocenters. The molecule has 0 bridgehead atoms. The summed E-state index contributed by atoms with van der Waals surface area (Å²) in [5.41, 5.74) is -0.0634. The molecule has 16 heteroatoms. The topological polar surface area (TPSA) is 160 Å². The number of sulfone groups is 1. The zero-order chi connectivity index (χ0) is 32.1. The Morgan fingerprint density at radius 1 is 0.977 bits per heavy atom. The van der Waals surface area contributed by atoms with Gasteiger partial charge in [0, 0.05) is 10.6 Å². The van der Waals surface area contributed by atoms with Crippen molar-refractivity contribution < 1.29 is 41.9 Å². The fourth-order valence-corrected chi connectivity index (χ4v) is 11.5. The number of alkyl halides is 1. The summed E-state index contributed by atoms with van der Waals surface area (Å²) in [5, 5.41) is 1.66. The number of amides is 3. The maximum Gasteiger partial charge on any atom is 0.333 e. The lowest BCUT2D eigenvalue weighted by Gasteiger charge is -2.50. The highest BCUT2D eigenvalue weighted by Gasteiger charge is 2.71. The van der Waals surface area contributed by atoms with Crippen LogP contribution in [0.5, 0.6) is 0 Å². The van der Waals surface area contributed by atoms with E-state index in [-0.39, 0.29) is 12.3 Å². The van der Waals surface area contributed by atoms with Crippen LogP contribution < -0.4 is 5.32 Å². The highest BCUT2D eigenvalue weighted by Crippen LogP contribution is 2.54. The lowest BCUT2D eigenvalue weighted by molar-refractivity contribution is -0.183. The van der Waals surface area contributed by atoms with Gasteiger partial charge < -0.3 is 24.2 Å². The predicted octanol–water partition coefficient (Wildman–Crippen LogP) is 0.723. The molecule has 0 saturated carbocycles. The molecule has 5 aliphatic rings. The Morgan fingerprint density at radius 2 is 1.59 bits per heavy atom. The van der Waals surface area contributed by atoms with Gasteiger partial charge in [-0.05, 0) is 40.2 Å². The summed E-state index contributed by atoms with van der Waals surface area (Å²) in [6.07, 6.45) is -0.239. The lowest BCUT2D eigenvalue weighted by Crippen LogP contribution is -2.73. The molecule has 6 rings (SSSR count). The molecule has 5 saturated heterocycles. The second kappa shape index (κ2) is 10.1. The number of nitrogens with zero attached hydrogens (tertiary/aromatic N) is 3. The van der Waals surface area contributed by atoms with E-state index in [1.807, 2.05) is 44.2 Å². The summed E-state index contributed by atoms with van der Waals surface area (Å²) in [7, 11) is -3.95. The lowest BCUT2D eigenvalue weighted by atomic mass is 9.94. The van der Waals surface area contributed by atoms with E-state index in [4.69, 9.17) is 21.1 Å². The molecule has 13 nitrogen and oxygen atoms in total. The largest absolute Gasteiger partial charge is 0.426 e. The monoisotopic (exact) mass is 668 g/mol. The number of nitrogens with one attached hydrogen (secondary N) is 1. The molecule has 44 heavy (non-hydrogen) atoms. The minimum Gasteiger partial charge on any atom is -0.426 e. The number of fused-ring (bicyclic) bond motifs is 2. The average molecular weight is 669 g/mol. The summed E-state index contributed by atoms with van der Waals surface area (Å²) in [5.74, 6) is -3.49. The second-order valence-electron chi connectivity index (χ2n) is 12.9. The van der Waals surface area contributed by atoms with Crippen molar-refractivity contribution in [2.75, 3.05) is 12.7 Å². The summed E-state index contributed by atoms with van der Waals surface area (Å²) >= 11 is 7.35. The minimum atomic E-state index is -3.95. The molecule has 0 aliphatic carbocycles. The number of β-lactam (4-membered cyclic amide) rings is 2. The number of halogens is 1. The maximum absolute atomic E-state index is 13.6. The normalized spacial score (nSPS) is 36.0. The van der Waals surface area contributed by atoms with E-state index in [0.29, 0.717) is 0 Å². The van der Waals surface area contributed by atoms with Crippen LogP contribution >= 0.6 is 23.4 Å². The van der Waals surface area contributed by atoms with Crippen molar-refractivity contribution in [1.29, 1.82) is 0 Å². The number of rotatable bonds is 7. The molecule has 0 spiro atoms. The third kappa shape index (κ3) is 4.14. The summed E-state index contributed by atoms with van der Waals surface area (Å²) in [4.78, 5) is 69.7. The Balaban J connectivity index is 1.13. The first-order valence-electron chi connectivity index (χ1n) is 14.1. The summed E-state index contributed by atoms with van der Waals surface area (Å²) < 4.78 is 33.7. The Hall–Kier alpha value is -2.88. The molecule has 238 valence electrons. The molecule has 1 N–H and O–H groups in total. The van der Waals surface area contributed by atoms with Crippen LogP contribution in [0.4, 0.5) is 0 Å². The van der Waals surface area contributed by atoms with Crippen LogP contribution in [0.2, 0.25) is 0 Å². The average Bonchev–Trinajstić information content (AvgIpc) is 3.41. The van der Waals surface area contributed by atoms with E-state index < -0.39 is 96.3 Å². The van der Waals surface area contributed by atoms with Gasteiger partial charge in [-0.3, -0.25) is 19.7 Å². The SMILES string of the molecule is CC1(C)S[C@@H]2C(N3C(=O)C(c4ccccc4)NC3(C)C)C(=O)N2[C@H]1C(=O)OCOC(=O)C1N2C(=O)C[C@H]2S(=O)(=O)[C@@]1(C)CCl. The van der Waals surface area contributed by atoms with Crippen molar-refractivity contribution in [2.24, 2.45) is 0 Å². The highest BCUT2D eigenvalue weighted by atomic mass is 35.5. The van der Waals surface area contributed by atoms with Gasteiger partial charge in [0.1, 0.15) is 33.6 Å². The maximum atomic E-state index is 13.6. The number of benzene rings is 1. The zero-order valence-corrected chi connectivity index (χ0v) is 27.1. The van der Waals surface area contributed by atoms with Gasteiger partial charge in [-0.15, -0.1) is 23.4 Å². The second-order valence-corrected chi connectivity index (χ2v) is 17.5. The molecule has 7 atom stereocenters. The Morgan fingerprint density at radius 3 is 2.18 bits per heavy atom. The molecule has 5 fully saturated rings. The number of carbonyl (C=O) groups is 5. The minimum absolute atomic E-state index is 0.239. The van der Waals surface area contributed by atoms with Gasteiger partial charge in [-0.2, -0.15) is 0 Å². The molecular formula is C28H33ClN4O9S2. The third-order valence-electron chi connectivity index (χ3n) is 9.33. The van der Waals surface area contributed by atoms with Crippen LogP contribution in [-0.4, -0.2) is 109 Å². The number of hydrogen-bond acceptors (Lipinski definition) is 11. The summed E-state index contributed by atoms with van der Waals surface area (Å²) in [6, 6.07) is 5.27. The fourth-order valence-electron chi connectivity index (χ4n) is 7.01. The number of ether oxygens (including phenoxy) is 2. The summed E-state index contributed by atoms with van der Waals surface area (Å²) in [6.45, 7) is 7.65. The van der Waals surface area contributed by atoms with Crippen molar-refractivity contribution >= 4 is 62.9 Å². The number of esters is 2. The Kier molecular flexibility index (Phi) is 7.12. The molecule has 5 aliphatic heterocycles. The number of carbonyl (C=O) groups excluding carboxylic acids is 5. The highest BCUT2D eigenvalue weighted by molar-refractivity contribution is 8.01. The van der Waals surface area contributed by atoms with E-state index in [9.17, 15) is 32.4 Å². The Labute approximate surface area is 263 Å². The number of thioether (sulfide) groups is 1. The van der Waals surface area contributed by atoms with Crippen LogP contribution in [0.15, 0.2) is 30.3 Å². The van der Waals surface area contributed by atoms with Gasteiger partial charge in [0.25, 0.3) is 0 Å². The third-order valence-corrected chi connectivity index (χ3v) is 14.4. The van der Waals surface area contributed by atoms with Crippen LogP contribution in [-0.2, 0) is 43.3 Å². The van der Waals surface area contributed by atoms with E-state index >= 15 is 0 Å². The first-order chi connectivity index (χ1) is 20.5. The Bertz CT molecular complexity index is 1570. The van der Waals surface area contributed by atoms with Gasteiger partial charge in [0.15, 0.2) is 15.9 Å². The van der Waals surface area contributed by atoms with Crippen LogP contribution in [0, 0.1) is 0 Å². The number of hydrogen-bond donors (Lipinski definition) is 1. The van der Waals surface area contributed by atoms with Gasteiger partial charge in [0.05, 0.1) is 12.1 Å². The van der Waals surface area contributed by atoms with Crippen LogP contribution in [0.25, 0.3) is 0 Å². The van der Waals surface area contributed by atoms with E-state index in [1.54, 1.807) is 18.7 Å². The van der Waals surface area contributed by atoms with Crippen molar-refractivity contribution in [3.63, 3.8) is 0 Å². The zero-order valence-electron chi connectivity index (χ0n) is 24.7. The van der Waals surface area contributed by atoms with Crippen molar-refractivity contribution in [3.05, 3.63) is 35.9 Å². The van der Waals surface area contributed by atoms with Gasteiger partial charge in [-0.1, -0.05) is 30.3 Å². The molecule has 0 radical (unpaired) electrons. The molecule has 0 aromatic heterocycles. The fraction of sp³-hybridized carbons (Fsp3) is 0.607. The van der Waals surface area contributed by atoms with Gasteiger partial charge >= 0.3 is 11.9 Å². The quantitative estimate of drug-likeness (QED) is 0.189. The van der Waals surface area contributed by atoms with E-state index in [0.717, 1.165) is 10.5 Å². The first-order valence-corrected chi connectivity index (χ1v) is 17.1. The standard InChI is InChI=1S/C28H33ClN4O9S2/c1-26(2)19(24(37)41-13-42-25(38)20-28(5,12-29)44(39,40)16-11-15(34)31(16)20)32-22(36)18(23(32)43-26)33-21(35)17(30-27(33,3)4)14-9-7-6-8-10-14/h6-10,16-20,23,30H,11-13H2,1-5H3/t16-,17?,18?,19+,20?,23-,28+/m1/s1. The first kappa shape index (κ1) is 31.1. The van der Waals surface area contributed by atoms with E-state index in [2.05, 4.69) is 5.32 Å². The van der Waals surface area contributed by atoms with Gasteiger partial charge in [0.2, 0.25) is 24.5 Å². The molecule has 1 aromatic carbocycles. The molecular weight excluding hydrogens is 636 g/mol. The van der Waals surface area contributed by atoms with Crippen molar-refractivity contribution in [1.82, 2.24) is 20.0 Å². The van der Waals surface area contributed by atoms with Gasteiger partial charge in [-0.25, -0.2) is 18.0 Å². The smallest absolute Gasteiger partial charge is 0.333 e. The molecule has 5 heterocycles. The van der Waals surface area contributed by atoms with Crippen molar-refractivity contribution in [3.8, 4) is 0 Å². The predicted molar refractivity (Wildman–Crippen MR) is 157 cm³/mol. The van der Waals surface area contributed by atoms with Crippen LogP contribution in [0.1, 0.15) is 52.6 Å². The molecule has 3 amide bonds. The molecule has 1 aromatic rings. The van der Waals surface area contributed by atoms with Crippen molar-refractivity contribution in [2.45, 2.75) is 91.1 Å². The van der Waals surface area contributed by atoms with Crippen LogP contribution in [0.3, 0.4) is 0 Å². The van der Waals surface area contributed by atoms with E-state index in [1.165, 1.54) is 23.6 Å².